The molecule has 9 atom stereocenters. The maximum Gasteiger partial charge on any atom is 0.330 e. The average molecular weight is 449 g/mol. The molecule has 0 radical (unpaired) electrons. The number of fused-ring (bicyclic) bond motifs is 5. The van der Waals surface area contributed by atoms with E-state index in [0.29, 0.717) is 30.8 Å². The molecule has 5 heteroatoms. The van der Waals surface area contributed by atoms with Crippen LogP contribution < -0.4 is 0 Å². The van der Waals surface area contributed by atoms with E-state index in [1.165, 1.54) is 0 Å². The van der Waals surface area contributed by atoms with Gasteiger partial charge in [-0.3, -0.25) is 4.79 Å². The SMILES string of the molecule is CCOC(=O)/C=C/[C@@H](C)[C@H]1CCC2C3C(CC[C@@]21C)[C@@]1(C)CCC(=O)C=C1[C@H](O)[C@H]3Cl. The van der Waals surface area contributed by atoms with Gasteiger partial charge in [0.1, 0.15) is 0 Å². The molecule has 0 spiro atoms. The molecule has 0 heterocycles. The molecule has 0 aromatic heterocycles. The van der Waals surface area contributed by atoms with Gasteiger partial charge < -0.3 is 9.84 Å². The summed E-state index contributed by atoms with van der Waals surface area (Å²) in [5.41, 5.74) is 0.904. The molecule has 0 aromatic rings. The largest absolute Gasteiger partial charge is 0.463 e. The van der Waals surface area contributed by atoms with Gasteiger partial charge in [-0.2, -0.15) is 0 Å². The van der Waals surface area contributed by atoms with Gasteiger partial charge in [-0.1, -0.05) is 26.8 Å². The third-order valence-corrected chi connectivity index (χ3v) is 10.1. The second kappa shape index (κ2) is 8.33. The minimum Gasteiger partial charge on any atom is -0.463 e. The fourth-order valence-corrected chi connectivity index (χ4v) is 8.47. The third kappa shape index (κ3) is 3.62. The lowest BCUT2D eigenvalue weighted by Gasteiger charge is -2.60. The Morgan fingerprint density at radius 2 is 2.03 bits per heavy atom. The Labute approximate surface area is 191 Å². The summed E-state index contributed by atoms with van der Waals surface area (Å²) >= 11 is 6.99. The Balaban J connectivity index is 1.60. The summed E-state index contributed by atoms with van der Waals surface area (Å²) < 4.78 is 5.05. The van der Waals surface area contributed by atoms with Crippen LogP contribution >= 0.6 is 11.6 Å². The van der Waals surface area contributed by atoms with E-state index in [0.717, 1.165) is 37.7 Å². The highest BCUT2D eigenvalue weighted by Gasteiger charge is 2.63. The molecular weight excluding hydrogens is 412 g/mol. The number of halogens is 1. The molecule has 3 fully saturated rings. The number of carbonyl (C=O) groups excluding carboxylic acids is 2. The number of alkyl halides is 1. The van der Waals surface area contributed by atoms with Crippen LogP contribution in [-0.2, 0) is 14.3 Å². The van der Waals surface area contributed by atoms with Gasteiger partial charge in [0.05, 0.1) is 18.1 Å². The number of carbonyl (C=O) groups is 2. The maximum atomic E-state index is 12.1. The third-order valence-electron chi connectivity index (χ3n) is 9.54. The first kappa shape index (κ1) is 23.0. The van der Waals surface area contributed by atoms with E-state index in [1.807, 2.05) is 13.0 Å². The Hall–Kier alpha value is -1.13. The number of aliphatic hydroxyl groups excluding tert-OH is 1. The first-order chi connectivity index (χ1) is 14.6. The summed E-state index contributed by atoms with van der Waals surface area (Å²) in [6, 6.07) is 0. The lowest BCUT2D eigenvalue weighted by molar-refractivity contribution is -0.137. The molecule has 31 heavy (non-hydrogen) atoms. The van der Waals surface area contributed by atoms with Gasteiger partial charge in [0.15, 0.2) is 5.78 Å². The van der Waals surface area contributed by atoms with Gasteiger partial charge in [0.25, 0.3) is 0 Å². The van der Waals surface area contributed by atoms with Crippen LogP contribution in [0.5, 0.6) is 0 Å². The molecule has 3 saturated carbocycles. The fourth-order valence-electron chi connectivity index (χ4n) is 7.98. The molecule has 4 aliphatic rings. The van der Waals surface area contributed by atoms with E-state index < -0.39 is 6.10 Å². The number of allylic oxidation sites excluding steroid dienone is 1. The van der Waals surface area contributed by atoms with Gasteiger partial charge in [0.2, 0.25) is 0 Å². The molecule has 1 N–H and O–H groups in total. The minimum atomic E-state index is -0.736. The second-order valence-electron chi connectivity index (χ2n) is 10.9. The molecule has 0 aromatic carbocycles. The quantitative estimate of drug-likeness (QED) is 0.370. The molecule has 172 valence electrons. The zero-order chi connectivity index (χ0) is 22.6. The molecule has 0 bridgehead atoms. The summed E-state index contributed by atoms with van der Waals surface area (Å²) in [6.45, 7) is 9.09. The fraction of sp³-hybridized carbons (Fsp3) is 0.769. The average Bonchev–Trinajstić information content (AvgIpc) is 3.08. The van der Waals surface area contributed by atoms with Crippen LogP contribution in [0.2, 0.25) is 0 Å². The zero-order valence-corrected chi connectivity index (χ0v) is 20.0. The van der Waals surface area contributed by atoms with E-state index in [-0.39, 0.29) is 39.8 Å². The highest BCUT2D eigenvalue weighted by atomic mass is 35.5. The van der Waals surface area contributed by atoms with Crippen LogP contribution in [0.15, 0.2) is 23.8 Å². The summed E-state index contributed by atoms with van der Waals surface area (Å²) in [5.74, 6) is 1.77. The Kier molecular flexibility index (Phi) is 6.20. The first-order valence-corrected chi connectivity index (χ1v) is 12.5. The first-order valence-electron chi connectivity index (χ1n) is 12.1. The second-order valence-corrected chi connectivity index (χ2v) is 11.4. The molecule has 3 unspecified atom stereocenters. The molecule has 4 nitrogen and oxygen atoms in total. The number of rotatable bonds is 4. The number of esters is 1. The smallest absolute Gasteiger partial charge is 0.330 e. The van der Waals surface area contributed by atoms with Crippen molar-refractivity contribution in [3.8, 4) is 0 Å². The topological polar surface area (TPSA) is 63.6 Å². The molecule has 0 saturated heterocycles. The predicted molar refractivity (Wildman–Crippen MR) is 122 cm³/mol. The van der Waals surface area contributed by atoms with E-state index in [4.69, 9.17) is 16.3 Å². The summed E-state index contributed by atoms with van der Waals surface area (Å²) in [4.78, 5) is 23.9. The van der Waals surface area contributed by atoms with Crippen LogP contribution in [0.25, 0.3) is 0 Å². The van der Waals surface area contributed by atoms with Gasteiger partial charge in [0, 0.05) is 12.5 Å². The standard InChI is InChI=1S/C26H37ClO4/c1-5-31-21(29)9-6-15(2)17-7-8-18-22-19(11-13-25(17,18)3)26(4)12-10-16(28)14-20(26)24(30)23(22)27/h6,9,14-15,17-19,22-24,30H,5,7-8,10-13H2,1-4H3/b9-6+/t15-,17-,18?,19?,22?,23+,24+,25-,26-/m1/s1. The Bertz CT molecular complexity index is 803. The van der Waals surface area contributed by atoms with Gasteiger partial charge in [-0.25, -0.2) is 4.79 Å². The van der Waals surface area contributed by atoms with Crippen molar-refractivity contribution in [1.29, 1.82) is 0 Å². The Morgan fingerprint density at radius 3 is 2.74 bits per heavy atom. The van der Waals surface area contributed by atoms with Crippen molar-refractivity contribution in [1.82, 2.24) is 0 Å². The number of hydrogen-bond donors (Lipinski definition) is 1. The monoisotopic (exact) mass is 448 g/mol. The number of ketones is 1. The number of ether oxygens (including phenoxy) is 1. The van der Waals surface area contributed by atoms with Crippen molar-refractivity contribution in [2.45, 2.75) is 77.7 Å². The predicted octanol–water partition coefficient (Wildman–Crippen LogP) is 5.08. The van der Waals surface area contributed by atoms with Gasteiger partial charge in [-0.05, 0) is 91.1 Å². The van der Waals surface area contributed by atoms with Crippen molar-refractivity contribution in [3.05, 3.63) is 23.8 Å². The van der Waals surface area contributed by atoms with Gasteiger partial charge in [-0.15, -0.1) is 11.6 Å². The Morgan fingerprint density at radius 1 is 1.29 bits per heavy atom. The highest BCUT2D eigenvalue weighted by molar-refractivity contribution is 6.21. The lowest BCUT2D eigenvalue weighted by atomic mass is 9.46. The highest BCUT2D eigenvalue weighted by Crippen LogP contribution is 2.68. The van der Waals surface area contributed by atoms with E-state index in [1.54, 1.807) is 12.2 Å². The van der Waals surface area contributed by atoms with Gasteiger partial charge >= 0.3 is 5.97 Å². The molecule has 0 amide bonds. The lowest BCUT2D eigenvalue weighted by Crippen LogP contribution is -2.59. The van der Waals surface area contributed by atoms with Crippen LogP contribution in [-0.4, -0.2) is 34.9 Å². The molecular formula is C26H37ClO4. The van der Waals surface area contributed by atoms with Crippen LogP contribution in [0.1, 0.15) is 66.2 Å². The maximum absolute atomic E-state index is 12.1. The van der Waals surface area contributed by atoms with Crippen molar-refractivity contribution in [2.24, 2.45) is 40.4 Å². The van der Waals surface area contributed by atoms with Crippen LogP contribution in [0.3, 0.4) is 0 Å². The summed E-state index contributed by atoms with van der Waals surface area (Å²) in [7, 11) is 0. The normalized spacial score (nSPS) is 45.5. The summed E-state index contributed by atoms with van der Waals surface area (Å²) in [6.07, 6.45) is 10.4. The van der Waals surface area contributed by atoms with Crippen molar-refractivity contribution < 1.29 is 19.4 Å². The van der Waals surface area contributed by atoms with Crippen molar-refractivity contribution in [3.63, 3.8) is 0 Å². The van der Waals surface area contributed by atoms with Crippen LogP contribution in [0.4, 0.5) is 0 Å². The number of aliphatic hydroxyl groups is 1. The zero-order valence-electron chi connectivity index (χ0n) is 19.3. The molecule has 4 rings (SSSR count). The van der Waals surface area contributed by atoms with Crippen molar-refractivity contribution in [2.75, 3.05) is 6.61 Å². The number of hydrogen-bond acceptors (Lipinski definition) is 4. The van der Waals surface area contributed by atoms with Crippen LogP contribution in [0, 0.1) is 40.4 Å². The van der Waals surface area contributed by atoms with Crippen molar-refractivity contribution >= 4 is 23.4 Å². The minimum absolute atomic E-state index is 0.123. The molecule has 0 aliphatic heterocycles. The van der Waals surface area contributed by atoms with E-state index >= 15 is 0 Å². The molecule has 4 aliphatic carbocycles. The van der Waals surface area contributed by atoms with E-state index in [9.17, 15) is 14.7 Å². The summed E-state index contributed by atoms with van der Waals surface area (Å²) in [5, 5.41) is 10.8. The van der Waals surface area contributed by atoms with E-state index in [2.05, 4.69) is 20.8 Å².